The minimum absolute atomic E-state index is 0.167. The largest absolute Gasteiger partial charge is 0.464 e. The summed E-state index contributed by atoms with van der Waals surface area (Å²) in [5.41, 5.74) is 0.0747. The maximum absolute atomic E-state index is 13.0. The van der Waals surface area contributed by atoms with Gasteiger partial charge in [0.15, 0.2) is 0 Å². The lowest BCUT2D eigenvalue weighted by molar-refractivity contribution is -0.136. The van der Waals surface area contributed by atoms with Crippen LogP contribution in [0.1, 0.15) is 17.2 Å². The van der Waals surface area contributed by atoms with Crippen molar-refractivity contribution >= 4 is 11.7 Å². The molecule has 2 aromatic carbocycles. The Labute approximate surface area is 158 Å². The van der Waals surface area contributed by atoms with Gasteiger partial charge in [0.05, 0.1) is 23.6 Å². The number of nitrogens with one attached hydrogen (secondary N) is 2. The van der Waals surface area contributed by atoms with E-state index >= 15 is 0 Å². The maximum atomic E-state index is 13.0. The van der Waals surface area contributed by atoms with Crippen molar-refractivity contribution in [1.82, 2.24) is 5.32 Å². The summed E-state index contributed by atoms with van der Waals surface area (Å²) < 4.78 is 44.1. The van der Waals surface area contributed by atoms with Gasteiger partial charge in [-0.25, -0.2) is 4.79 Å². The number of alkyl halides is 3. The number of carbonyl (C=O) groups is 1. The number of urea groups is 1. The summed E-state index contributed by atoms with van der Waals surface area (Å²) in [4.78, 5) is 11.9. The molecule has 0 aliphatic heterocycles. The molecule has 3 rings (SSSR count). The number of amides is 2. The van der Waals surface area contributed by atoms with Crippen molar-refractivity contribution in [3.8, 4) is 11.3 Å². The van der Waals surface area contributed by atoms with Crippen LogP contribution in [0.3, 0.4) is 0 Å². The van der Waals surface area contributed by atoms with Crippen molar-refractivity contribution in [2.75, 3.05) is 11.9 Å². The van der Waals surface area contributed by atoms with Crippen molar-refractivity contribution in [2.45, 2.75) is 12.3 Å². The Balaban J connectivity index is 1.58. The lowest BCUT2D eigenvalue weighted by Crippen LogP contribution is -2.33. The van der Waals surface area contributed by atoms with Crippen LogP contribution in [0, 0.1) is 0 Å². The van der Waals surface area contributed by atoms with Crippen molar-refractivity contribution in [3.63, 3.8) is 0 Å². The molecule has 146 valence electrons. The van der Waals surface area contributed by atoms with Crippen molar-refractivity contribution < 1.29 is 27.5 Å². The van der Waals surface area contributed by atoms with Crippen LogP contribution in [0.15, 0.2) is 71.3 Å². The van der Waals surface area contributed by atoms with E-state index in [9.17, 15) is 23.1 Å². The third-order valence-electron chi connectivity index (χ3n) is 4.04. The summed E-state index contributed by atoms with van der Waals surface area (Å²) in [7, 11) is 0. The van der Waals surface area contributed by atoms with Crippen LogP contribution >= 0.6 is 0 Å². The number of benzene rings is 2. The minimum Gasteiger partial charge on any atom is -0.464 e. The topological polar surface area (TPSA) is 74.5 Å². The number of aliphatic hydroxyl groups is 1. The highest BCUT2D eigenvalue weighted by Crippen LogP contribution is 2.34. The number of carbonyl (C=O) groups excluding carboxylic acids is 1. The molecule has 1 aromatic heterocycles. The zero-order chi connectivity index (χ0) is 20.1. The van der Waals surface area contributed by atoms with Gasteiger partial charge in [-0.2, -0.15) is 13.2 Å². The highest BCUT2D eigenvalue weighted by molar-refractivity contribution is 5.90. The molecule has 5 nitrogen and oxygen atoms in total. The quantitative estimate of drug-likeness (QED) is 0.585. The third-order valence-corrected chi connectivity index (χ3v) is 4.04. The van der Waals surface area contributed by atoms with Crippen molar-refractivity contribution in [2.24, 2.45) is 0 Å². The number of rotatable bonds is 5. The van der Waals surface area contributed by atoms with Gasteiger partial charge in [-0.1, -0.05) is 36.4 Å². The molecule has 0 spiro atoms. The Morgan fingerprint density at radius 1 is 1.04 bits per heavy atom. The Kier molecular flexibility index (Phi) is 5.70. The molecule has 8 heteroatoms. The summed E-state index contributed by atoms with van der Waals surface area (Å²) in [5, 5.41) is 14.7. The van der Waals surface area contributed by atoms with E-state index < -0.39 is 23.9 Å². The number of anilines is 1. The average Bonchev–Trinajstić information content (AvgIpc) is 3.20. The zero-order valence-corrected chi connectivity index (χ0v) is 14.5. The molecular formula is C20H17F3N2O3. The van der Waals surface area contributed by atoms with E-state index in [2.05, 4.69) is 10.6 Å². The summed E-state index contributed by atoms with van der Waals surface area (Å²) in [5.74, 6) is 0.682. The molecule has 28 heavy (non-hydrogen) atoms. The molecule has 0 radical (unpaired) electrons. The maximum Gasteiger partial charge on any atom is 0.418 e. The number of hydrogen-bond donors (Lipinski definition) is 3. The minimum atomic E-state index is -4.58. The first-order valence-corrected chi connectivity index (χ1v) is 8.37. The second kappa shape index (κ2) is 8.18. The number of hydrogen-bond acceptors (Lipinski definition) is 3. The zero-order valence-electron chi connectivity index (χ0n) is 14.5. The van der Waals surface area contributed by atoms with Crippen molar-refractivity contribution in [1.29, 1.82) is 0 Å². The fourth-order valence-electron chi connectivity index (χ4n) is 2.63. The van der Waals surface area contributed by atoms with E-state index in [1.165, 1.54) is 12.1 Å². The molecule has 0 fully saturated rings. The van der Waals surface area contributed by atoms with Gasteiger partial charge < -0.3 is 20.2 Å². The second-order valence-corrected chi connectivity index (χ2v) is 5.99. The van der Waals surface area contributed by atoms with Crippen LogP contribution in [0.4, 0.5) is 23.7 Å². The lowest BCUT2D eigenvalue weighted by atomic mass is 10.1. The van der Waals surface area contributed by atoms with Crippen LogP contribution in [0.25, 0.3) is 11.3 Å². The first-order chi connectivity index (χ1) is 13.3. The van der Waals surface area contributed by atoms with Crippen molar-refractivity contribution in [3.05, 3.63) is 78.1 Å². The van der Waals surface area contributed by atoms with E-state index in [0.717, 1.165) is 17.7 Å². The molecule has 0 aliphatic carbocycles. The normalized spacial score (nSPS) is 12.4. The van der Waals surface area contributed by atoms with E-state index in [-0.39, 0.29) is 12.2 Å². The predicted molar refractivity (Wildman–Crippen MR) is 97.6 cm³/mol. The summed E-state index contributed by atoms with van der Waals surface area (Å²) in [6.45, 7) is -0.167. The molecule has 0 bridgehead atoms. The van der Waals surface area contributed by atoms with E-state index in [0.29, 0.717) is 11.3 Å². The van der Waals surface area contributed by atoms with Gasteiger partial charge in [-0.05, 0) is 29.8 Å². The van der Waals surface area contributed by atoms with Gasteiger partial charge in [0.25, 0.3) is 0 Å². The van der Waals surface area contributed by atoms with Gasteiger partial charge >= 0.3 is 12.2 Å². The lowest BCUT2D eigenvalue weighted by Gasteiger charge is -2.16. The van der Waals surface area contributed by atoms with Crippen LogP contribution < -0.4 is 10.6 Å². The molecular weight excluding hydrogens is 373 g/mol. The smallest absolute Gasteiger partial charge is 0.418 e. The van der Waals surface area contributed by atoms with Gasteiger partial charge in [-0.3, -0.25) is 0 Å². The standard InChI is InChI=1S/C20H17F3N2O3/c21-20(22,23)15-4-1-2-5-16(15)25-19(27)24-12-17(26)13-7-9-14(10-8-13)18-6-3-11-28-18/h1-11,17,26H,12H2,(H2,24,25,27). The number of aliphatic hydroxyl groups excluding tert-OH is 1. The Bertz CT molecular complexity index is 923. The van der Waals surface area contributed by atoms with E-state index in [1.807, 2.05) is 0 Å². The third kappa shape index (κ3) is 4.72. The fourth-order valence-corrected chi connectivity index (χ4v) is 2.63. The van der Waals surface area contributed by atoms with Crippen LogP contribution in [-0.2, 0) is 6.18 Å². The Morgan fingerprint density at radius 3 is 2.39 bits per heavy atom. The first kappa shape index (κ1) is 19.5. The molecule has 0 saturated carbocycles. The molecule has 1 unspecified atom stereocenters. The molecule has 2 amide bonds. The highest BCUT2D eigenvalue weighted by Gasteiger charge is 2.33. The van der Waals surface area contributed by atoms with Gasteiger partial charge in [0, 0.05) is 12.1 Å². The first-order valence-electron chi connectivity index (χ1n) is 8.37. The van der Waals surface area contributed by atoms with E-state index in [1.54, 1.807) is 42.7 Å². The molecule has 3 aromatic rings. The highest BCUT2D eigenvalue weighted by atomic mass is 19.4. The summed E-state index contributed by atoms with van der Waals surface area (Å²) in [6.07, 6.45) is -4.05. The SMILES string of the molecule is O=C(NCC(O)c1ccc(-c2ccco2)cc1)Nc1ccccc1C(F)(F)F. The van der Waals surface area contributed by atoms with Crippen LogP contribution in [-0.4, -0.2) is 17.7 Å². The van der Waals surface area contributed by atoms with Gasteiger partial charge in [-0.15, -0.1) is 0 Å². The molecule has 3 N–H and O–H groups in total. The monoisotopic (exact) mass is 390 g/mol. The molecule has 1 heterocycles. The molecule has 0 saturated heterocycles. The number of furan rings is 1. The summed E-state index contributed by atoms with van der Waals surface area (Å²) in [6, 6.07) is 14.3. The van der Waals surface area contributed by atoms with Gasteiger partial charge in [0.2, 0.25) is 0 Å². The molecule has 1 atom stereocenters. The predicted octanol–water partition coefficient (Wildman–Crippen LogP) is 4.82. The van der Waals surface area contributed by atoms with Crippen LogP contribution in [0.2, 0.25) is 0 Å². The molecule has 0 aliphatic rings. The Morgan fingerprint density at radius 2 is 1.75 bits per heavy atom. The Hall–Kier alpha value is -3.26. The fraction of sp³-hybridized carbons (Fsp3) is 0.150. The van der Waals surface area contributed by atoms with Gasteiger partial charge in [0.1, 0.15) is 5.76 Å². The summed E-state index contributed by atoms with van der Waals surface area (Å²) >= 11 is 0. The average molecular weight is 390 g/mol. The number of halogens is 3. The van der Waals surface area contributed by atoms with Crippen LogP contribution in [0.5, 0.6) is 0 Å². The van der Waals surface area contributed by atoms with E-state index in [4.69, 9.17) is 4.42 Å². The second-order valence-electron chi connectivity index (χ2n) is 5.99. The number of para-hydroxylation sites is 1.